The molecule has 0 aliphatic rings. The Labute approximate surface area is 92.9 Å². The number of carbonyl (C=O) groups excluding carboxylic acids is 1. The van der Waals surface area contributed by atoms with Gasteiger partial charge in [-0.2, -0.15) is 0 Å². The molecule has 1 N–H and O–H groups in total. The van der Waals surface area contributed by atoms with Crippen LogP contribution in [0.5, 0.6) is 0 Å². The van der Waals surface area contributed by atoms with Gasteiger partial charge in [-0.1, -0.05) is 26.3 Å². The summed E-state index contributed by atoms with van der Waals surface area (Å²) in [5, 5.41) is 2.71. The second-order valence-corrected chi connectivity index (χ2v) is 4.60. The maximum Gasteiger partial charge on any atom is 0.408 e. The van der Waals surface area contributed by atoms with Crippen molar-refractivity contribution < 1.29 is 9.53 Å². The van der Waals surface area contributed by atoms with Crippen LogP contribution in [0.25, 0.3) is 0 Å². The van der Waals surface area contributed by atoms with Crippen molar-refractivity contribution in [3.63, 3.8) is 0 Å². The molecule has 0 aromatic rings. The van der Waals surface area contributed by atoms with Gasteiger partial charge in [0.2, 0.25) is 0 Å². The molecule has 0 aromatic heterocycles. The number of hydrogen-bond donors (Lipinski definition) is 1. The molecule has 15 heavy (non-hydrogen) atoms. The molecule has 0 saturated carbocycles. The molecule has 0 heterocycles. The highest BCUT2D eigenvalue weighted by Crippen LogP contribution is 2.16. The Hall–Kier alpha value is -0.990. The first-order valence-corrected chi connectivity index (χ1v) is 5.29. The average Bonchev–Trinajstić information content (AvgIpc) is 2.10. The largest absolute Gasteiger partial charge is 0.444 e. The highest BCUT2D eigenvalue weighted by Gasteiger charge is 2.20. The zero-order valence-corrected chi connectivity index (χ0v) is 10.4. The fourth-order valence-corrected chi connectivity index (χ4v) is 1.02. The van der Waals surface area contributed by atoms with Gasteiger partial charge in [0.1, 0.15) is 5.60 Å². The summed E-state index contributed by atoms with van der Waals surface area (Å²) in [5.41, 5.74) is -0.466. The second kappa shape index (κ2) is 5.79. The molecule has 3 heteroatoms. The zero-order valence-electron chi connectivity index (χ0n) is 10.4. The normalized spacial score (nSPS) is 13.5. The molecular formula is C12H22NO2. The first-order chi connectivity index (χ1) is 6.80. The Morgan fingerprint density at radius 1 is 1.53 bits per heavy atom. The van der Waals surface area contributed by atoms with Crippen LogP contribution in [0.1, 0.15) is 41.0 Å². The maximum absolute atomic E-state index is 11.4. The Morgan fingerprint density at radius 2 is 2.07 bits per heavy atom. The van der Waals surface area contributed by atoms with Gasteiger partial charge in [-0.05, 0) is 26.7 Å². The van der Waals surface area contributed by atoms with E-state index in [1.165, 1.54) is 0 Å². The Balaban J connectivity index is 4.19. The second-order valence-electron chi connectivity index (χ2n) is 4.60. The van der Waals surface area contributed by atoms with Gasteiger partial charge in [0.25, 0.3) is 0 Å². The van der Waals surface area contributed by atoms with Crippen molar-refractivity contribution in [2.45, 2.75) is 46.6 Å². The molecule has 0 spiro atoms. The molecule has 0 bridgehead atoms. The summed E-state index contributed by atoms with van der Waals surface area (Å²) in [5.74, 6) is 0.287. The Bertz CT molecular complexity index is 218. The maximum atomic E-state index is 11.4. The van der Waals surface area contributed by atoms with Crippen LogP contribution in [0.3, 0.4) is 0 Å². The predicted octanol–water partition coefficient (Wildman–Crippen LogP) is 3.28. The number of ether oxygens (including phenoxy) is 1. The molecule has 1 unspecified atom stereocenters. The van der Waals surface area contributed by atoms with E-state index in [1.54, 1.807) is 6.08 Å². The number of alkyl carbamates (subject to hydrolysis) is 1. The van der Waals surface area contributed by atoms with E-state index >= 15 is 0 Å². The molecule has 1 radical (unpaired) electrons. The van der Waals surface area contributed by atoms with Crippen LogP contribution in [0.2, 0.25) is 0 Å². The lowest BCUT2D eigenvalue weighted by Gasteiger charge is -2.24. The smallest absolute Gasteiger partial charge is 0.408 e. The van der Waals surface area contributed by atoms with Crippen LogP contribution in [0.15, 0.2) is 12.7 Å². The van der Waals surface area contributed by atoms with Crippen LogP contribution in [-0.2, 0) is 4.74 Å². The minimum absolute atomic E-state index is 0.287. The minimum atomic E-state index is -0.466. The van der Waals surface area contributed by atoms with Gasteiger partial charge in [-0.15, -0.1) is 6.58 Å². The molecule has 0 fully saturated rings. The van der Waals surface area contributed by atoms with Crippen molar-refractivity contribution in [3.05, 3.63) is 18.7 Å². The number of hydrogen-bond acceptors (Lipinski definition) is 2. The van der Waals surface area contributed by atoms with Crippen molar-refractivity contribution in [1.29, 1.82) is 0 Å². The van der Waals surface area contributed by atoms with Crippen molar-refractivity contribution >= 4 is 6.09 Å². The van der Waals surface area contributed by atoms with Crippen molar-refractivity contribution in [2.75, 3.05) is 0 Å². The molecule has 1 amide bonds. The summed E-state index contributed by atoms with van der Waals surface area (Å²) < 4.78 is 5.15. The first-order valence-electron chi connectivity index (χ1n) is 5.29. The lowest BCUT2D eigenvalue weighted by molar-refractivity contribution is 0.0528. The monoisotopic (exact) mass is 212 g/mol. The Kier molecular flexibility index (Phi) is 5.40. The van der Waals surface area contributed by atoms with E-state index in [0.717, 1.165) is 12.5 Å². The quantitative estimate of drug-likeness (QED) is 0.776. The Morgan fingerprint density at radius 3 is 2.40 bits per heavy atom. The van der Waals surface area contributed by atoms with Gasteiger partial charge in [0.05, 0.1) is 6.04 Å². The number of carbonyl (C=O) groups is 1. The third-order valence-electron chi connectivity index (χ3n) is 2.01. The van der Waals surface area contributed by atoms with Crippen LogP contribution >= 0.6 is 0 Å². The van der Waals surface area contributed by atoms with Gasteiger partial charge in [0, 0.05) is 0 Å². The van der Waals surface area contributed by atoms with E-state index in [0.29, 0.717) is 0 Å². The molecule has 0 aliphatic carbocycles. The van der Waals surface area contributed by atoms with Crippen LogP contribution < -0.4 is 5.32 Å². The fourth-order valence-electron chi connectivity index (χ4n) is 1.02. The van der Waals surface area contributed by atoms with Crippen LogP contribution in [0.4, 0.5) is 4.79 Å². The summed E-state index contributed by atoms with van der Waals surface area (Å²) in [6.07, 6.45) is 2.20. The molecule has 0 saturated heterocycles. The van der Waals surface area contributed by atoms with E-state index in [9.17, 15) is 4.79 Å². The van der Waals surface area contributed by atoms with E-state index in [-0.39, 0.29) is 5.92 Å². The SMILES string of the molecule is C=C[C](NC(=O)OC(C)(C)C)C(C)CC. The van der Waals surface area contributed by atoms with E-state index in [2.05, 4.69) is 18.8 Å². The van der Waals surface area contributed by atoms with Crippen LogP contribution in [0, 0.1) is 12.0 Å². The molecule has 0 aromatic carbocycles. The lowest BCUT2D eigenvalue weighted by Crippen LogP contribution is -2.36. The van der Waals surface area contributed by atoms with Gasteiger partial charge >= 0.3 is 6.09 Å². The van der Waals surface area contributed by atoms with Crippen LogP contribution in [-0.4, -0.2) is 11.7 Å². The standard InChI is InChI=1S/C12H22NO2/c1-7-9(3)10(8-2)13-11(14)15-12(4,5)6/h8-9H,2,7H2,1,3-6H3,(H,13,14). The zero-order chi connectivity index (χ0) is 12.1. The number of amides is 1. The molecule has 3 nitrogen and oxygen atoms in total. The summed E-state index contributed by atoms with van der Waals surface area (Å²) >= 11 is 0. The third kappa shape index (κ3) is 6.15. The molecule has 87 valence electrons. The summed E-state index contributed by atoms with van der Waals surface area (Å²) in [4.78, 5) is 11.4. The molecule has 1 atom stereocenters. The van der Waals surface area contributed by atoms with E-state index in [4.69, 9.17) is 4.74 Å². The summed E-state index contributed by atoms with van der Waals surface area (Å²) in [6.45, 7) is 13.3. The highest BCUT2D eigenvalue weighted by molar-refractivity contribution is 5.69. The highest BCUT2D eigenvalue weighted by atomic mass is 16.6. The third-order valence-corrected chi connectivity index (χ3v) is 2.01. The topological polar surface area (TPSA) is 38.3 Å². The first kappa shape index (κ1) is 14.0. The van der Waals surface area contributed by atoms with Crippen molar-refractivity contribution in [1.82, 2.24) is 5.32 Å². The van der Waals surface area contributed by atoms with Gasteiger partial charge in [0.15, 0.2) is 0 Å². The number of rotatable bonds is 4. The predicted molar refractivity (Wildman–Crippen MR) is 62.3 cm³/mol. The molecular weight excluding hydrogens is 190 g/mol. The minimum Gasteiger partial charge on any atom is -0.444 e. The summed E-state index contributed by atoms with van der Waals surface area (Å²) in [6, 6.07) is 0.812. The average molecular weight is 212 g/mol. The number of nitrogens with one attached hydrogen (secondary N) is 1. The molecule has 0 rings (SSSR count). The van der Waals surface area contributed by atoms with E-state index < -0.39 is 11.7 Å². The van der Waals surface area contributed by atoms with Gasteiger partial charge in [-0.3, -0.25) is 0 Å². The summed E-state index contributed by atoms with van der Waals surface area (Å²) in [7, 11) is 0. The van der Waals surface area contributed by atoms with E-state index in [1.807, 2.05) is 27.7 Å². The lowest BCUT2D eigenvalue weighted by atomic mass is 10.00. The van der Waals surface area contributed by atoms with Gasteiger partial charge in [-0.25, -0.2) is 4.79 Å². The van der Waals surface area contributed by atoms with Crippen molar-refractivity contribution in [3.8, 4) is 0 Å². The van der Waals surface area contributed by atoms with Gasteiger partial charge < -0.3 is 10.1 Å². The fraction of sp³-hybridized carbons (Fsp3) is 0.667. The van der Waals surface area contributed by atoms with Crippen molar-refractivity contribution in [2.24, 2.45) is 5.92 Å². The molecule has 0 aliphatic heterocycles.